The topological polar surface area (TPSA) is 88.2 Å². The van der Waals surface area contributed by atoms with Crippen LogP contribution >= 0.6 is 0 Å². The molecule has 1 amide bonds. The highest BCUT2D eigenvalue weighted by atomic mass is 16.3. The van der Waals surface area contributed by atoms with E-state index in [0.717, 1.165) is 5.69 Å². The highest BCUT2D eigenvalue weighted by molar-refractivity contribution is 5.91. The van der Waals surface area contributed by atoms with Crippen molar-refractivity contribution in [3.63, 3.8) is 0 Å². The van der Waals surface area contributed by atoms with Gasteiger partial charge in [0.05, 0.1) is 6.10 Å². The Hall–Kier alpha value is -1.62. The number of aromatic nitrogens is 1. The second-order valence-electron chi connectivity index (χ2n) is 5.06. The Labute approximate surface area is 100 Å². The minimum atomic E-state index is -0.540. The monoisotopic (exact) mass is 235 g/mol. The van der Waals surface area contributed by atoms with Gasteiger partial charge in [-0.1, -0.05) is 13.8 Å². The molecule has 1 heterocycles. The molecule has 2 rings (SSSR count). The lowest BCUT2D eigenvalue weighted by atomic mass is 9.64. The summed E-state index contributed by atoms with van der Waals surface area (Å²) in [6, 6.07) is 3.61. The molecule has 0 aromatic carbocycles. The molecule has 2 atom stereocenters. The van der Waals surface area contributed by atoms with Crippen molar-refractivity contribution in [1.29, 1.82) is 0 Å². The molecule has 0 saturated heterocycles. The molecule has 5 heteroatoms. The molecule has 1 aliphatic carbocycles. The second kappa shape index (κ2) is 4.00. The lowest BCUT2D eigenvalue weighted by molar-refractivity contribution is -0.0510. The summed E-state index contributed by atoms with van der Waals surface area (Å²) in [5, 5.41) is 12.9. The summed E-state index contributed by atoms with van der Waals surface area (Å²) in [6.07, 6.45) is 1.98. The number of hydrogen-bond donors (Lipinski definition) is 3. The zero-order chi connectivity index (χ0) is 12.6. The first kappa shape index (κ1) is 11.9. The van der Waals surface area contributed by atoms with Crippen LogP contribution in [0.5, 0.6) is 0 Å². The van der Waals surface area contributed by atoms with Gasteiger partial charge in [-0.3, -0.25) is 9.78 Å². The predicted molar refractivity (Wildman–Crippen MR) is 64.6 cm³/mol. The number of primary amides is 1. The van der Waals surface area contributed by atoms with Gasteiger partial charge in [0, 0.05) is 23.3 Å². The number of nitrogens with two attached hydrogens (primary N) is 1. The Kier molecular flexibility index (Phi) is 2.79. The molecule has 0 spiro atoms. The number of anilines is 1. The minimum Gasteiger partial charge on any atom is -0.392 e. The van der Waals surface area contributed by atoms with E-state index in [9.17, 15) is 9.90 Å². The van der Waals surface area contributed by atoms with E-state index in [0.29, 0.717) is 6.42 Å². The summed E-state index contributed by atoms with van der Waals surface area (Å²) < 4.78 is 0. The lowest BCUT2D eigenvalue weighted by Crippen LogP contribution is -2.56. The van der Waals surface area contributed by atoms with Gasteiger partial charge in [0.2, 0.25) is 0 Å². The SMILES string of the molecule is CC1(C)C(O)CC1Nc1ccnc(C(N)=O)c1. The van der Waals surface area contributed by atoms with Crippen LogP contribution in [0.4, 0.5) is 5.69 Å². The van der Waals surface area contributed by atoms with E-state index in [1.165, 1.54) is 0 Å². The normalized spacial score (nSPS) is 26.1. The Morgan fingerprint density at radius 3 is 2.88 bits per heavy atom. The first-order chi connectivity index (χ1) is 7.91. The number of carbonyl (C=O) groups is 1. The summed E-state index contributed by atoms with van der Waals surface area (Å²) in [4.78, 5) is 14.9. The van der Waals surface area contributed by atoms with Gasteiger partial charge in [-0.25, -0.2) is 0 Å². The van der Waals surface area contributed by atoms with Crippen LogP contribution in [0.3, 0.4) is 0 Å². The number of amides is 1. The molecule has 0 radical (unpaired) electrons. The Morgan fingerprint density at radius 1 is 1.65 bits per heavy atom. The van der Waals surface area contributed by atoms with Crippen molar-refractivity contribution in [3.05, 3.63) is 24.0 Å². The number of pyridine rings is 1. The van der Waals surface area contributed by atoms with Crippen LogP contribution in [0.15, 0.2) is 18.3 Å². The third kappa shape index (κ3) is 2.10. The van der Waals surface area contributed by atoms with E-state index in [1.807, 2.05) is 13.8 Å². The Bertz CT molecular complexity index is 445. The van der Waals surface area contributed by atoms with E-state index in [2.05, 4.69) is 10.3 Å². The van der Waals surface area contributed by atoms with Gasteiger partial charge >= 0.3 is 0 Å². The van der Waals surface area contributed by atoms with Crippen LogP contribution in [0.1, 0.15) is 30.8 Å². The van der Waals surface area contributed by atoms with Crippen LogP contribution in [-0.4, -0.2) is 28.1 Å². The molecule has 0 aliphatic heterocycles. The maximum atomic E-state index is 11.0. The van der Waals surface area contributed by atoms with Gasteiger partial charge in [0.25, 0.3) is 5.91 Å². The molecule has 1 aliphatic rings. The molecule has 0 bridgehead atoms. The van der Waals surface area contributed by atoms with E-state index in [1.54, 1.807) is 18.3 Å². The maximum Gasteiger partial charge on any atom is 0.267 e. The summed E-state index contributed by atoms with van der Waals surface area (Å²) >= 11 is 0. The standard InChI is InChI=1S/C12H17N3O2/c1-12(2)9(6-10(12)16)15-7-3-4-14-8(5-7)11(13)17/h3-5,9-10,16H,6H2,1-2H3,(H2,13,17)(H,14,15). The average Bonchev–Trinajstić information content (AvgIpc) is 2.29. The van der Waals surface area contributed by atoms with Gasteiger partial charge < -0.3 is 16.2 Å². The van der Waals surface area contributed by atoms with Crippen LogP contribution < -0.4 is 11.1 Å². The number of hydrogen-bond acceptors (Lipinski definition) is 4. The first-order valence-corrected chi connectivity index (χ1v) is 5.61. The Balaban J connectivity index is 2.10. The fourth-order valence-electron chi connectivity index (χ4n) is 2.00. The third-order valence-electron chi connectivity index (χ3n) is 3.57. The van der Waals surface area contributed by atoms with Gasteiger partial charge in [-0.2, -0.15) is 0 Å². The van der Waals surface area contributed by atoms with E-state index < -0.39 is 5.91 Å². The molecular weight excluding hydrogens is 218 g/mol. The molecule has 1 aromatic rings. The number of nitrogens with zero attached hydrogens (tertiary/aromatic N) is 1. The summed E-state index contributed by atoms with van der Waals surface area (Å²) in [7, 11) is 0. The van der Waals surface area contributed by atoms with Crippen molar-refractivity contribution in [2.24, 2.45) is 11.1 Å². The second-order valence-corrected chi connectivity index (χ2v) is 5.06. The van der Waals surface area contributed by atoms with Crippen LogP contribution in [0.2, 0.25) is 0 Å². The summed E-state index contributed by atoms with van der Waals surface area (Å²) in [6.45, 7) is 4.02. The number of nitrogens with one attached hydrogen (secondary N) is 1. The number of carbonyl (C=O) groups excluding carboxylic acids is 1. The zero-order valence-corrected chi connectivity index (χ0v) is 9.97. The predicted octanol–water partition coefficient (Wildman–Crippen LogP) is 0.752. The maximum absolute atomic E-state index is 11.0. The van der Waals surface area contributed by atoms with Crippen molar-refractivity contribution in [2.45, 2.75) is 32.4 Å². The zero-order valence-electron chi connectivity index (χ0n) is 9.97. The van der Waals surface area contributed by atoms with Crippen molar-refractivity contribution in [2.75, 3.05) is 5.32 Å². The smallest absolute Gasteiger partial charge is 0.267 e. The largest absolute Gasteiger partial charge is 0.392 e. The van der Waals surface area contributed by atoms with Crippen molar-refractivity contribution in [3.8, 4) is 0 Å². The van der Waals surface area contributed by atoms with E-state index in [-0.39, 0.29) is 23.3 Å². The van der Waals surface area contributed by atoms with E-state index in [4.69, 9.17) is 5.73 Å². The highest BCUT2D eigenvalue weighted by Crippen LogP contribution is 2.42. The van der Waals surface area contributed by atoms with E-state index >= 15 is 0 Å². The van der Waals surface area contributed by atoms with Gasteiger partial charge in [-0.05, 0) is 18.6 Å². The molecule has 1 aromatic heterocycles. The minimum absolute atomic E-state index is 0.157. The van der Waals surface area contributed by atoms with Gasteiger partial charge in [0.1, 0.15) is 5.69 Å². The van der Waals surface area contributed by atoms with Crippen LogP contribution in [0.25, 0.3) is 0 Å². The third-order valence-corrected chi connectivity index (χ3v) is 3.57. The molecule has 4 N–H and O–H groups in total. The number of aliphatic hydroxyl groups excluding tert-OH is 1. The number of aliphatic hydroxyl groups is 1. The average molecular weight is 235 g/mol. The van der Waals surface area contributed by atoms with Gasteiger partial charge in [0.15, 0.2) is 0 Å². The molecule has 92 valence electrons. The van der Waals surface area contributed by atoms with Crippen molar-refractivity contribution >= 4 is 11.6 Å². The summed E-state index contributed by atoms with van der Waals surface area (Å²) in [5.74, 6) is -0.540. The molecule has 17 heavy (non-hydrogen) atoms. The van der Waals surface area contributed by atoms with Crippen LogP contribution in [-0.2, 0) is 0 Å². The molecule has 5 nitrogen and oxygen atoms in total. The fraction of sp³-hybridized carbons (Fsp3) is 0.500. The summed E-state index contributed by atoms with van der Waals surface area (Å²) in [5.41, 5.74) is 6.06. The van der Waals surface area contributed by atoms with Gasteiger partial charge in [-0.15, -0.1) is 0 Å². The van der Waals surface area contributed by atoms with Crippen LogP contribution in [0, 0.1) is 5.41 Å². The molecular formula is C12H17N3O2. The first-order valence-electron chi connectivity index (χ1n) is 5.61. The number of rotatable bonds is 3. The molecule has 1 saturated carbocycles. The molecule has 2 unspecified atom stereocenters. The fourth-order valence-corrected chi connectivity index (χ4v) is 2.00. The van der Waals surface area contributed by atoms with Crippen molar-refractivity contribution < 1.29 is 9.90 Å². The quantitative estimate of drug-likeness (QED) is 0.721. The molecule has 1 fully saturated rings. The van der Waals surface area contributed by atoms with Crippen molar-refractivity contribution in [1.82, 2.24) is 4.98 Å². The lowest BCUT2D eigenvalue weighted by Gasteiger charge is -2.49. The Morgan fingerprint density at radius 2 is 2.35 bits per heavy atom. The highest BCUT2D eigenvalue weighted by Gasteiger charge is 2.47.